The molecule has 1 aliphatic heterocycles. The Labute approximate surface area is 148 Å². The first kappa shape index (κ1) is 17.3. The van der Waals surface area contributed by atoms with Crippen molar-refractivity contribution in [2.24, 2.45) is 0 Å². The summed E-state index contributed by atoms with van der Waals surface area (Å²) in [7, 11) is 4.11. The first-order valence-electron chi connectivity index (χ1n) is 8.55. The van der Waals surface area contributed by atoms with Crippen molar-refractivity contribution in [1.29, 1.82) is 0 Å². The van der Waals surface area contributed by atoms with Gasteiger partial charge in [0.2, 0.25) is 0 Å². The molecule has 1 aliphatic rings. The summed E-state index contributed by atoms with van der Waals surface area (Å²) < 4.78 is 0. The summed E-state index contributed by atoms with van der Waals surface area (Å²) in [6, 6.07) is 6.57. The molecular weight excluding hydrogens is 318 g/mol. The van der Waals surface area contributed by atoms with Gasteiger partial charge >= 0.3 is 0 Å². The van der Waals surface area contributed by atoms with Gasteiger partial charge in [-0.3, -0.25) is 14.8 Å². The summed E-state index contributed by atoms with van der Waals surface area (Å²) >= 11 is 1.81. The van der Waals surface area contributed by atoms with Gasteiger partial charge in [0.15, 0.2) is 5.13 Å². The minimum Gasteiger partial charge on any atom is -0.354 e. The molecule has 6 heteroatoms. The fourth-order valence-electron chi connectivity index (χ4n) is 3.07. The maximum absolute atomic E-state index is 4.66. The average molecular weight is 346 g/mol. The molecule has 1 saturated heterocycles. The van der Waals surface area contributed by atoms with E-state index in [9.17, 15) is 0 Å². The van der Waals surface area contributed by atoms with Crippen LogP contribution < -0.4 is 4.90 Å². The monoisotopic (exact) mass is 345 g/mol. The Morgan fingerprint density at radius 3 is 2.54 bits per heavy atom. The summed E-state index contributed by atoms with van der Waals surface area (Å²) in [5.74, 6) is 0. The number of anilines is 1. The van der Waals surface area contributed by atoms with E-state index in [0.29, 0.717) is 6.04 Å². The highest BCUT2D eigenvalue weighted by Crippen LogP contribution is 2.27. The first-order chi connectivity index (χ1) is 11.5. The van der Waals surface area contributed by atoms with Gasteiger partial charge in [0.1, 0.15) is 0 Å². The number of rotatable bonds is 5. The predicted molar refractivity (Wildman–Crippen MR) is 101 cm³/mol. The van der Waals surface area contributed by atoms with Crippen molar-refractivity contribution in [3.8, 4) is 0 Å². The van der Waals surface area contributed by atoms with Crippen LogP contribution in [0, 0.1) is 6.92 Å². The van der Waals surface area contributed by atoms with Gasteiger partial charge in [0, 0.05) is 63.9 Å². The molecule has 0 bridgehead atoms. The molecule has 0 aliphatic carbocycles. The SMILES string of the molecule is Cc1nc(N(C)C)sc1CN1CCN([C@@H](C)c2ccccn2)CC1. The second kappa shape index (κ2) is 7.59. The number of pyridine rings is 1. The quantitative estimate of drug-likeness (QED) is 0.833. The van der Waals surface area contributed by atoms with E-state index >= 15 is 0 Å². The smallest absolute Gasteiger partial charge is 0.185 e. The van der Waals surface area contributed by atoms with E-state index in [2.05, 4.69) is 64.7 Å². The van der Waals surface area contributed by atoms with Crippen LogP contribution in [0.15, 0.2) is 24.4 Å². The average Bonchev–Trinajstić information content (AvgIpc) is 2.97. The fraction of sp³-hybridized carbons (Fsp3) is 0.556. The van der Waals surface area contributed by atoms with Gasteiger partial charge in [-0.1, -0.05) is 6.07 Å². The summed E-state index contributed by atoms with van der Waals surface area (Å²) in [6.07, 6.45) is 1.89. The third-order valence-electron chi connectivity index (χ3n) is 4.70. The second-order valence-electron chi connectivity index (χ2n) is 6.64. The Kier molecular flexibility index (Phi) is 5.48. The molecule has 0 saturated carbocycles. The molecule has 5 nitrogen and oxygen atoms in total. The lowest BCUT2D eigenvalue weighted by Gasteiger charge is -2.37. The van der Waals surface area contributed by atoms with Crippen molar-refractivity contribution in [3.05, 3.63) is 40.7 Å². The lowest BCUT2D eigenvalue weighted by Crippen LogP contribution is -2.46. The van der Waals surface area contributed by atoms with Gasteiger partial charge in [-0.25, -0.2) is 4.98 Å². The van der Waals surface area contributed by atoms with Crippen molar-refractivity contribution in [2.75, 3.05) is 45.2 Å². The Morgan fingerprint density at radius 2 is 1.96 bits per heavy atom. The number of piperazine rings is 1. The molecule has 3 heterocycles. The lowest BCUT2D eigenvalue weighted by atomic mass is 10.1. The fourth-order valence-corrected chi connectivity index (χ4v) is 4.10. The van der Waals surface area contributed by atoms with Crippen LogP contribution in [0.25, 0.3) is 0 Å². The zero-order valence-electron chi connectivity index (χ0n) is 15.1. The standard InChI is InChI=1S/C18H27N5S/c1-14-17(24-18(20-14)21(3)4)13-22-9-11-23(12-10-22)15(2)16-7-5-6-8-19-16/h5-8,15H,9-13H2,1-4H3/t15-/m0/s1. The van der Waals surface area contributed by atoms with Crippen molar-refractivity contribution in [2.45, 2.75) is 26.4 Å². The number of nitrogens with zero attached hydrogens (tertiary/aromatic N) is 5. The molecule has 2 aromatic rings. The normalized spacial score (nSPS) is 17.8. The maximum atomic E-state index is 4.66. The number of aromatic nitrogens is 2. The second-order valence-corrected chi connectivity index (χ2v) is 7.70. The van der Waals surface area contributed by atoms with Crippen LogP contribution in [0.1, 0.15) is 29.2 Å². The Morgan fingerprint density at radius 1 is 1.21 bits per heavy atom. The Hall–Kier alpha value is -1.50. The molecule has 0 N–H and O–H groups in total. The Bertz CT molecular complexity index is 647. The minimum atomic E-state index is 0.388. The third-order valence-corrected chi connectivity index (χ3v) is 6.01. The minimum absolute atomic E-state index is 0.388. The van der Waals surface area contributed by atoms with E-state index in [1.54, 1.807) is 0 Å². The zero-order valence-corrected chi connectivity index (χ0v) is 15.9. The summed E-state index contributed by atoms with van der Waals surface area (Å²) in [5.41, 5.74) is 2.34. The molecule has 0 unspecified atom stereocenters. The van der Waals surface area contributed by atoms with E-state index in [-0.39, 0.29) is 0 Å². The highest BCUT2D eigenvalue weighted by molar-refractivity contribution is 7.15. The van der Waals surface area contributed by atoms with Gasteiger partial charge in [0.25, 0.3) is 0 Å². The highest BCUT2D eigenvalue weighted by Gasteiger charge is 2.23. The number of hydrogen-bond donors (Lipinski definition) is 0. The van der Waals surface area contributed by atoms with Gasteiger partial charge in [-0.05, 0) is 26.0 Å². The molecule has 1 atom stereocenters. The number of aryl methyl sites for hydroxylation is 1. The van der Waals surface area contributed by atoms with Crippen LogP contribution in [0.3, 0.4) is 0 Å². The van der Waals surface area contributed by atoms with Crippen LogP contribution >= 0.6 is 11.3 Å². The van der Waals surface area contributed by atoms with Crippen molar-refractivity contribution < 1.29 is 0 Å². The van der Waals surface area contributed by atoms with Gasteiger partial charge in [0.05, 0.1) is 11.4 Å². The van der Waals surface area contributed by atoms with E-state index < -0.39 is 0 Å². The summed E-state index contributed by atoms with van der Waals surface area (Å²) in [4.78, 5) is 17.7. The van der Waals surface area contributed by atoms with Crippen molar-refractivity contribution >= 4 is 16.5 Å². The molecule has 1 fully saturated rings. The molecule has 2 aromatic heterocycles. The number of thiazole rings is 1. The first-order valence-corrected chi connectivity index (χ1v) is 9.37. The lowest BCUT2D eigenvalue weighted by molar-refractivity contribution is 0.0969. The summed E-state index contributed by atoms with van der Waals surface area (Å²) in [6.45, 7) is 9.79. The molecule has 0 amide bonds. The van der Waals surface area contributed by atoms with Crippen LogP contribution in [0.4, 0.5) is 5.13 Å². The van der Waals surface area contributed by atoms with Gasteiger partial charge < -0.3 is 4.90 Å². The highest BCUT2D eigenvalue weighted by atomic mass is 32.1. The van der Waals surface area contributed by atoms with E-state index in [1.807, 2.05) is 23.6 Å². The molecule has 0 aromatic carbocycles. The topological polar surface area (TPSA) is 35.5 Å². The molecule has 3 rings (SSSR count). The third kappa shape index (κ3) is 3.94. The van der Waals surface area contributed by atoms with Crippen molar-refractivity contribution in [1.82, 2.24) is 19.8 Å². The molecule has 24 heavy (non-hydrogen) atoms. The van der Waals surface area contributed by atoms with Crippen LogP contribution in [-0.2, 0) is 6.54 Å². The predicted octanol–water partition coefficient (Wildman–Crippen LogP) is 2.79. The largest absolute Gasteiger partial charge is 0.354 e. The van der Waals surface area contributed by atoms with Crippen LogP contribution in [0.2, 0.25) is 0 Å². The molecule has 130 valence electrons. The molecule has 0 radical (unpaired) electrons. The van der Waals surface area contributed by atoms with Crippen LogP contribution in [-0.4, -0.2) is 60.0 Å². The van der Waals surface area contributed by atoms with E-state index in [1.165, 1.54) is 16.3 Å². The van der Waals surface area contributed by atoms with E-state index in [0.717, 1.165) is 37.9 Å². The maximum Gasteiger partial charge on any atom is 0.185 e. The Balaban J connectivity index is 1.56. The van der Waals surface area contributed by atoms with Gasteiger partial charge in [-0.2, -0.15) is 0 Å². The zero-order chi connectivity index (χ0) is 17.1. The van der Waals surface area contributed by atoms with E-state index in [4.69, 9.17) is 0 Å². The molecule has 0 spiro atoms. The van der Waals surface area contributed by atoms with Crippen LogP contribution in [0.5, 0.6) is 0 Å². The number of hydrogen-bond acceptors (Lipinski definition) is 6. The van der Waals surface area contributed by atoms with Gasteiger partial charge in [-0.15, -0.1) is 11.3 Å². The van der Waals surface area contributed by atoms with Crippen molar-refractivity contribution in [3.63, 3.8) is 0 Å². The molecular formula is C18H27N5S. The summed E-state index contributed by atoms with van der Waals surface area (Å²) in [5, 5.41) is 1.10.